The van der Waals surface area contributed by atoms with Crippen LogP contribution in [0.2, 0.25) is 0 Å². The van der Waals surface area contributed by atoms with Crippen molar-refractivity contribution in [3.63, 3.8) is 0 Å². The first-order valence-corrected chi connectivity index (χ1v) is 22.0. The van der Waals surface area contributed by atoms with Crippen LogP contribution in [0.3, 0.4) is 0 Å². The average molecular weight is 805 g/mol. The maximum atomic E-state index is 5.26. The first-order valence-electron chi connectivity index (χ1n) is 22.0. The third-order valence-electron chi connectivity index (χ3n) is 14.5. The Balaban J connectivity index is 1.08. The summed E-state index contributed by atoms with van der Waals surface area (Å²) in [5.41, 5.74) is 23.9. The predicted octanol–water partition coefficient (Wildman–Crippen LogP) is 14.6. The van der Waals surface area contributed by atoms with E-state index in [1.807, 2.05) is 0 Å². The van der Waals surface area contributed by atoms with Gasteiger partial charge in [-0.2, -0.15) is 0 Å². The van der Waals surface area contributed by atoms with Crippen LogP contribution < -0.4 is 4.90 Å². The molecule has 3 aliphatic carbocycles. The molecule has 0 aliphatic heterocycles. The van der Waals surface area contributed by atoms with E-state index in [0.717, 1.165) is 50.6 Å². The number of hydrogen-bond acceptors (Lipinski definition) is 2. The van der Waals surface area contributed by atoms with Gasteiger partial charge in [-0.15, -0.1) is 0 Å². The molecule has 3 aliphatic rings. The Labute approximate surface area is 365 Å². The monoisotopic (exact) mass is 804 g/mol. The van der Waals surface area contributed by atoms with Crippen molar-refractivity contribution >= 4 is 44.9 Å². The molecule has 0 amide bonds. The van der Waals surface area contributed by atoms with Crippen molar-refractivity contribution in [2.45, 2.75) is 24.7 Å². The molecule has 296 valence electrons. The van der Waals surface area contributed by atoms with Gasteiger partial charge in [-0.1, -0.05) is 159 Å². The van der Waals surface area contributed by atoms with Gasteiger partial charge in [-0.3, -0.25) is 8.97 Å². The molecule has 4 nitrogen and oxygen atoms in total. The van der Waals surface area contributed by atoms with Crippen LogP contribution in [0, 0.1) is 0 Å². The van der Waals surface area contributed by atoms with Gasteiger partial charge in [0.1, 0.15) is 0 Å². The molecule has 2 aromatic heterocycles. The predicted molar refractivity (Wildman–Crippen MR) is 258 cm³/mol. The van der Waals surface area contributed by atoms with Crippen molar-refractivity contribution in [1.29, 1.82) is 0 Å². The number of fused-ring (bicyclic) bond motifs is 18. The Hall–Kier alpha value is -7.95. The van der Waals surface area contributed by atoms with E-state index < -0.39 is 5.41 Å². The topological polar surface area (TPSA) is 25.5 Å². The van der Waals surface area contributed by atoms with Gasteiger partial charge in [0.2, 0.25) is 5.78 Å². The summed E-state index contributed by atoms with van der Waals surface area (Å²) in [5.74, 6) is 0.896. The van der Waals surface area contributed by atoms with Crippen molar-refractivity contribution < 1.29 is 0 Å². The third kappa shape index (κ3) is 4.37. The van der Waals surface area contributed by atoms with Crippen LogP contribution in [0.5, 0.6) is 0 Å². The van der Waals surface area contributed by atoms with Crippen molar-refractivity contribution in [2.75, 3.05) is 4.90 Å². The number of hydrogen-bond donors (Lipinski definition) is 0. The zero-order chi connectivity index (χ0) is 41.6. The summed E-state index contributed by atoms with van der Waals surface area (Å²) in [6, 6.07) is 76.5. The van der Waals surface area contributed by atoms with Crippen molar-refractivity contribution in [3.05, 3.63) is 240 Å². The van der Waals surface area contributed by atoms with Gasteiger partial charge in [0, 0.05) is 28.0 Å². The minimum absolute atomic E-state index is 0.168. The lowest BCUT2D eigenvalue weighted by molar-refractivity contribution is 0.660. The van der Waals surface area contributed by atoms with E-state index in [1.54, 1.807) is 0 Å². The van der Waals surface area contributed by atoms with Crippen LogP contribution in [0.25, 0.3) is 66.9 Å². The molecule has 9 aromatic carbocycles. The molecule has 0 saturated carbocycles. The molecule has 63 heavy (non-hydrogen) atoms. The van der Waals surface area contributed by atoms with Crippen LogP contribution in [-0.4, -0.2) is 14.0 Å². The Morgan fingerprint density at radius 2 is 0.968 bits per heavy atom. The highest BCUT2D eigenvalue weighted by atomic mass is 15.2. The molecule has 0 bridgehead atoms. The molecule has 1 spiro atoms. The lowest BCUT2D eigenvalue weighted by Crippen LogP contribution is -2.26. The maximum Gasteiger partial charge on any atom is 0.220 e. The zero-order valence-electron chi connectivity index (χ0n) is 34.9. The molecule has 14 rings (SSSR count). The molecule has 4 heteroatoms. The highest BCUT2D eigenvalue weighted by Gasteiger charge is 2.52. The second-order valence-corrected chi connectivity index (χ2v) is 17.9. The minimum Gasteiger partial charge on any atom is -0.310 e. The molecule has 0 N–H and O–H groups in total. The smallest absolute Gasteiger partial charge is 0.220 e. The number of anilines is 3. The van der Waals surface area contributed by atoms with Crippen molar-refractivity contribution in [2.24, 2.45) is 0 Å². The standard InChI is InChI=1S/C59H40N4/c1-58(2)45-23-10-6-19-40(45)43-33-31-38(35-50(43)58)61(39-32-34-53-55(36-39)63-52-29-15-14-28-51(52)60-57(63)62(53)37-17-4-3-5-18-37)54-30-16-27-49-56(54)44-22-9-13-26-48(44)59(49)46-24-11-7-20-41(46)42-21-8-12-25-47(42)59/h3-36H,1-2H3. The Bertz CT molecular complexity index is 3690. The van der Waals surface area contributed by atoms with Gasteiger partial charge in [-0.05, 0) is 122 Å². The highest BCUT2D eigenvalue weighted by molar-refractivity contribution is 6.02. The van der Waals surface area contributed by atoms with Crippen LogP contribution in [-0.2, 0) is 10.8 Å². The fourth-order valence-corrected chi connectivity index (χ4v) is 11.9. The molecular formula is C59H40N4. The van der Waals surface area contributed by atoms with E-state index in [0.29, 0.717) is 0 Å². The zero-order valence-corrected chi connectivity index (χ0v) is 34.9. The molecule has 2 heterocycles. The van der Waals surface area contributed by atoms with E-state index in [2.05, 4.69) is 234 Å². The van der Waals surface area contributed by atoms with Gasteiger partial charge >= 0.3 is 0 Å². The van der Waals surface area contributed by atoms with Gasteiger partial charge < -0.3 is 4.90 Å². The van der Waals surface area contributed by atoms with Crippen molar-refractivity contribution in [3.8, 4) is 39.1 Å². The maximum absolute atomic E-state index is 5.26. The Kier molecular flexibility index (Phi) is 6.80. The summed E-state index contributed by atoms with van der Waals surface area (Å²) in [6.07, 6.45) is 0. The molecule has 0 saturated heterocycles. The van der Waals surface area contributed by atoms with E-state index >= 15 is 0 Å². The summed E-state index contributed by atoms with van der Waals surface area (Å²) >= 11 is 0. The first-order chi connectivity index (χ1) is 31.0. The van der Waals surface area contributed by atoms with Crippen LogP contribution in [0.4, 0.5) is 17.1 Å². The average Bonchev–Trinajstić information content (AvgIpc) is 4.09. The lowest BCUT2D eigenvalue weighted by atomic mass is 9.70. The van der Waals surface area contributed by atoms with E-state index in [1.165, 1.54) is 66.8 Å². The highest BCUT2D eigenvalue weighted by Crippen LogP contribution is 2.65. The Morgan fingerprint density at radius 1 is 0.413 bits per heavy atom. The SMILES string of the molecule is CC1(C)c2ccccc2-c2ccc(N(c3ccc4c(c3)n3c5ccccc5nc3n4-c3ccccc3)c3cccc4c3-c3ccccc3C43c4ccccc4-c4ccccc43)cc21. The summed E-state index contributed by atoms with van der Waals surface area (Å²) in [7, 11) is 0. The lowest BCUT2D eigenvalue weighted by Gasteiger charge is -2.32. The third-order valence-corrected chi connectivity index (χ3v) is 14.5. The Morgan fingerprint density at radius 3 is 1.71 bits per heavy atom. The molecule has 0 fully saturated rings. The van der Waals surface area contributed by atoms with Gasteiger partial charge in [0.25, 0.3) is 0 Å². The first kappa shape index (κ1) is 34.7. The van der Waals surface area contributed by atoms with Crippen LogP contribution in [0.1, 0.15) is 47.2 Å². The van der Waals surface area contributed by atoms with Gasteiger partial charge in [0.05, 0.1) is 33.2 Å². The molecule has 0 atom stereocenters. The van der Waals surface area contributed by atoms with E-state index in [-0.39, 0.29) is 5.41 Å². The summed E-state index contributed by atoms with van der Waals surface area (Å²) in [5, 5.41) is 0. The number of para-hydroxylation sites is 3. The number of aromatic nitrogens is 3. The number of nitrogens with zero attached hydrogens (tertiary/aromatic N) is 4. The fourth-order valence-electron chi connectivity index (χ4n) is 11.9. The van der Waals surface area contributed by atoms with E-state index in [4.69, 9.17) is 4.98 Å². The summed E-state index contributed by atoms with van der Waals surface area (Å²) < 4.78 is 4.64. The normalized spacial score (nSPS) is 14.4. The number of rotatable bonds is 4. The minimum atomic E-state index is -0.457. The molecular weight excluding hydrogens is 765 g/mol. The quantitative estimate of drug-likeness (QED) is 0.177. The van der Waals surface area contributed by atoms with E-state index in [9.17, 15) is 0 Å². The number of benzene rings is 9. The van der Waals surface area contributed by atoms with Crippen molar-refractivity contribution in [1.82, 2.24) is 14.0 Å². The van der Waals surface area contributed by atoms with Crippen LogP contribution in [0.15, 0.2) is 206 Å². The van der Waals surface area contributed by atoms with Gasteiger partial charge in [-0.25, -0.2) is 4.98 Å². The van der Waals surface area contributed by atoms with Crippen LogP contribution >= 0.6 is 0 Å². The largest absolute Gasteiger partial charge is 0.310 e. The second kappa shape index (κ2) is 12.3. The number of imidazole rings is 2. The van der Waals surface area contributed by atoms with Gasteiger partial charge in [0.15, 0.2) is 0 Å². The fraction of sp³-hybridized carbons (Fsp3) is 0.0678. The molecule has 0 unspecified atom stereocenters. The molecule has 11 aromatic rings. The second-order valence-electron chi connectivity index (χ2n) is 17.9. The molecule has 0 radical (unpaired) electrons. The summed E-state index contributed by atoms with van der Waals surface area (Å²) in [6.45, 7) is 4.75. The summed E-state index contributed by atoms with van der Waals surface area (Å²) in [4.78, 5) is 7.79.